The molecule has 0 fully saturated rings. The average molecular weight is 286 g/mol. The van der Waals surface area contributed by atoms with Crippen molar-refractivity contribution in [3.63, 3.8) is 0 Å². The maximum atomic E-state index is 12.0. The standard InChI is InChI=1S/C12H9F3N2O3/c1-7-16-10(18)6-11(17-7)19-8-2-4-9(5-3-8)20-12(13,14)15/h2-6H,1H3,(H,16,17,18). The molecule has 0 saturated carbocycles. The number of hydrogen-bond acceptors (Lipinski definition) is 4. The van der Waals surface area contributed by atoms with Crippen molar-refractivity contribution in [3.8, 4) is 17.4 Å². The molecule has 20 heavy (non-hydrogen) atoms. The Morgan fingerprint density at radius 1 is 1.15 bits per heavy atom. The second-order valence-electron chi connectivity index (χ2n) is 3.79. The van der Waals surface area contributed by atoms with E-state index in [0.29, 0.717) is 5.82 Å². The zero-order valence-electron chi connectivity index (χ0n) is 10.2. The predicted octanol–water partition coefficient (Wildman–Crippen LogP) is 2.77. The fourth-order valence-electron chi connectivity index (χ4n) is 1.43. The molecule has 0 bridgehead atoms. The Balaban J connectivity index is 2.12. The van der Waals surface area contributed by atoms with Crippen molar-refractivity contribution in [2.75, 3.05) is 0 Å². The molecule has 0 aliphatic carbocycles. The average Bonchev–Trinajstić information content (AvgIpc) is 2.28. The van der Waals surface area contributed by atoms with E-state index in [2.05, 4.69) is 14.7 Å². The fourth-order valence-corrected chi connectivity index (χ4v) is 1.43. The minimum Gasteiger partial charge on any atom is -0.439 e. The number of rotatable bonds is 3. The Kier molecular flexibility index (Phi) is 3.64. The summed E-state index contributed by atoms with van der Waals surface area (Å²) in [4.78, 5) is 17.6. The molecule has 0 aliphatic rings. The van der Waals surface area contributed by atoms with Crippen LogP contribution in [0.4, 0.5) is 13.2 Å². The van der Waals surface area contributed by atoms with E-state index in [0.717, 1.165) is 18.2 Å². The highest BCUT2D eigenvalue weighted by Crippen LogP contribution is 2.26. The lowest BCUT2D eigenvalue weighted by atomic mass is 10.3. The van der Waals surface area contributed by atoms with Crippen molar-refractivity contribution < 1.29 is 22.6 Å². The summed E-state index contributed by atoms with van der Waals surface area (Å²) in [7, 11) is 0. The van der Waals surface area contributed by atoms with Crippen molar-refractivity contribution in [3.05, 3.63) is 46.5 Å². The highest BCUT2D eigenvalue weighted by atomic mass is 19.4. The van der Waals surface area contributed by atoms with Crippen LogP contribution in [0.5, 0.6) is 17.4 Å². The van der Waals surface area contributed by atoms with Gasteiger partial charge in [-0.2, -0.15) is 0 Å². The maximum Gasteiger partial charge on any atom is 0.573 e. The number of nitrogens with zero attached hydrogens (tertiary/aromatic N) is 1. The van der Waals surface area contributed by atoms with Crippen molar-refractivity contribution in [2.45, 2.75) is 13.3 Å². The van der Waals surface area contributed by atoms with E-state index in [1.54, 1.807) is 6.92 Å². The number of hydrogen-bond donors (Lipinski definition) is 1. The van der Waals surface area contributed by atoms with Gasteiger partial charge in [0.05, 0.1) is 6.07 Å². The number of nitrogens with one attached hydrogen (secondary N) is 1. The number of alkyl halides is 3. The molecule has 5 nitrogen and oxygen atoms in total. The molecular weight excluding hydrogens is 277 g/mol. The minimum absolute atomic E-state index is 0.0516. The molecular formula is C12H9F3N2O3. The first-order valence-corrected chi connectivity index (χ1v) is 5.43. The van der Waals surface area contributed by atoms with Crippen LogP contribution in [0.2, 0.25) is 0 Å². The van der Waals surface area contributed by atoms with Crippen LogP contribution in [-0.2, 0) is 0 Å². The molecule has 1 aromatic carbocycles. The van der Waals surface area contributed by atoms with Gasteiger partial charge in [-0.05, 0) is 31.2 Å². The van der Waals surface area contributed by atoms with Crippen LogP contribution >= 0.6 is 0 Å². The third kappa shape index (κ3) is 4.01. The Hall–Kier alpha value is -2.51. The van der Waals surface area contributed by atoms with Crippen molar-refractivity contribution >= 4 is 0 Å². The van der Waals surface area contributed by atoms with Gasteiger partial charge in [0, 0.05) is 0 Å². The summed E-state index contributed by atoms with van der Waals surface area (Å²) < 4.78 is 44.9. The molecule has 106 valence electrons. The summed E-state index contributed by atoms with van der Waals surface area (Å²) >= 11 is 0. The third-order valence-electron chi connectivity index (χ3n) is 2.12. The summed E-state index contributed by atoms with van der Waals surface area (Å²) in [6.45, 7) is 1.58. The van der Waals surface area contributed by atoms with Gasteiger partial charge in [0.2, 0.25) is 5.88 Å². The van der Waals surface area contributed by atoms with Gasteiger partial charge >= 0.3 is 6.36 Å². The van der Waals surface area contributed by atoms with Gasteiger partial charge in [0.1, 0.15) is 17.3 Å². The number of benzene rings is 1. The molecule has 0 aliphatic heterocycles. The molecule has 0 saturated heterocycles. The summed E-state index contributed by atoms with van der Waals surface area (Å²) in [6.07, 6.45) is -4.74. The van der Waals surface area contributed by atoms with Crippen LogP contribution in [0.3, 0.4) is 0 Å². The quantitative estimate of drug-likeness (QED) is 0.942. The van der Waals surface area contributed by atoms with Crippen LogP contribution in [0.25, 0.3) is 0 Å². The Labute approximate surface area is 111 Å². The van der Waals surface area contributed by atoms with Crippen LogP contribution in [0.1, 0.15) is 5.82 Å². The third-order valence-corrected chi connectivity index (χ3v) is 2.12. The second kappa shape index (κ2) is 5.24. The normalized spacial score (nSPS) is 11.2. The number of aromatic amines is 1. The molecule has 1 N–H and O–H groups in total. The first-order valence-electron chi connectivity index (χ1n) is 5.43. The predicted molar refractivity (Wildman–Crippen MR) is 62.8 cm³/mol. The number of ether oxygens (including phenoxy) is 2. The molecule has 0 radical (unpaired) electrons. The summed E-state index contributed by atoms with van der Waals surface area (Å²) in [6, 6.07) is 5.89. The van der Waals surface area contributed by atoms with E-state index in [4.69, 9.17) is 4.74 Å². The van der Waals surface area contributed by atoms with Crippen molar-refractivity contribution in [1.29, 1.82) is 0 Å². The molecule has 0 spiro atoms. The molecule has 2 aromatic rings. The SMILES string of the molecule is Cc1nc(Oc2ccc(OC(F)(F)F)cc2)cc(=O)[nH]1. The van der Waals surface area contributed by atoms with Gasteiger partial charge in [-0.1, -0.05) is 0 Å². The number of aromatic nitrogens is 2. The van der Waals surface area contributed by atoms with Crippen molar-refractivity contribution in [1.82, 2.24) is 9.97 Å². The monoisotopic (exact) mass is 286 g/mol. The van der Waals surface area contributed by atoms with Gasteiger partial charge in [-0.3, -0.25) is 4.79 Å². The topological polar surface area (TPSA) is 64.2 Å². The largest absolute Gasteiger partial charge is 0.573 e. The lowest BCUT2D eigenvalue weighted by molar-refractivity contribution is -0.274. The van der Waals surface area contributed by atoms with E-state index in [9.17, 15) is 18.0 Å². The van der Waals surface area contributed by atoms with E-state index in [1.807, 2.05) is 0 Å². The van der Waals surface area contributed by atoms with Gasteiger partial charge in [0.25, 0.3) is 5.56 Å². The van der Waals surface area contributed by atoms with Crippen LogP contribution < -0.4 is 15.0 Å². The van der Waals surface area contributed by atoms with Crippen LogP contribution in [-0.4, -0.2) is 16.3 Å². The highest BCUT2D eigenvalue weighted by molar-refractivity contribution is 5.33. The van der Waals surface area contributed by atoms with E-state index in [-0.39, 0.29) is 22.9 Å². The first kappa shape index (κ1) is 13.9. The van der Waals surface area contributed by atoms with Gasteiger partial charge < -0.3 is 14.5 Å². The molecule has 8 heteroatoms. The zero-order valence-corrected chi connectivity index (χ0v) is 10.2. The first-order chi connectivity index (χ1) is 9.32. The maximum absolute atomic E-state index is 12.0. The lowest BCUT2D eigenvalue weighted by Crippen LogP contribution is -2.16. The van der Waals surface area contributed by atoms with Gasteiger partial charge in [-0.25, -0.2) is 4.98 Å². The Morgan fingerprint density at radius 3 is 2.30 bits per heavy atom. The smallest absolute Gasteiger partial charge is 0.439 e. The van der Waals surface area contributed by atoms with E-state index < -0.39 is 6.36 Å². The molecule has 1 aromatic heterocycles. The molecule has 0 amide bonds. The Bertz CT molecular complexity index is 650. The number of aryl methyl sites for hydroxylation is 1. The van der Waals surface area contributed by atoms with E-state index >= 15 is 0 Å². The number of halogens is 3. The van der Waals surface area contributed by atoms with Crippen LogP contribution in [0.15, 0.2) is 35.1 Å². The highest BCUT2D eigenvalue weighted by Gasteiger charge is 2.30. The molecule has 2 rings (SSSR count). The molecule has 0 unspecified atom stereocenters. The van der Waals surface area contributed by atoms with Crippen molar-refractivity contribution in [2.24, 2.45) is 0 Å². The number of H-pyrrole nitrogens is 1. The van der Waals surface area contributed by atoms with Gasteiger partial charge in [-0.15, -0.1) is 13.2 Å². The van der Waals surface area contributed by atoms with Gasteiger partial charge in [0.15, 0.2) is 0 Å². The summed E-state index contributed by atoms with van der Waals surface area (Å²) in [5, 5.41) is 0. The van der Waals surface area contributed by atoms with Crippen LogP contribution in [0, 0.1) is 6.92 Å². The molecule has 1 heterocycles. The Morgan fingerprint density at radius 2 is 1.75 bits per heavy atom. The lowest BCUT2D eigenvalue weighted by Gasteiger charge is -2.09. The van der Waals surface area contributed by atoms with E-state index in [1.165, 1.54) is 12.1 Å². The fraction of sp³-hybridized carbons (Fsp3) is 0.167. The molecule has 0 atom stereocenters. The summed E-state index contributed by atoms with van der Waals surface area (Å²) in [5.74, 6) is 0.289. The second-order valence-corrected chi connectivity index (χ2v) is 3.79. The summed E-state index contributed by atoms with van der Waals surface area (Å²) in [5.41, 5.74) is -0.385. The minimum atomic E-state index is -4.74. The zero-order chi connectivity index (χ0) is 14.8.